The van der Waals surface area contributed by atoms with Gasteiger partial charge in [-0.25, -0.2) is 4.79 Å². The van der Waals surface area contributed by atoms with Gasteiger partial charge in [0.2, 0.25) is 0 Å². The first-order valence-electron chi connectivity index (χ1n) is 4.91. The number of hydrogen-bond donors (Lipinski definition) is 1. The van der Waals surface area contributed by atoms with Crippen LogP contribution in [0.5, 0.6) is 0 Å². The largest absolute Gasteiger partial charge is 0.478 e. The van der Waals surface area contributed by atoms with Crippen LogP contribution in [0.25, 0.3) is 0 Å². The molecule has 1 rings (SSSR count). The minimum absolute atomic E-state index is 0.0473. The highest BCUT2D eigenvalue weighted by Crippen LogP contribution is 2.38. The van der Waals surface area contributed by atoms with E-state index >= 15 is 0 Å². The van der Waals surface area contributed by atoms with Gasteiger partial charge in [0.1, 0.15) is 0 Å². The van der Waals surface area contributed by atoms with Crippen molar-refractivity contribution in [2.75, 3.05) is 0 Å². The summed E-state index contributed by atoms with van der Waals surface area (Å²) in [5, 5.41) is 8.75. The van der Waals surface area contributed by atoms with E-state index in [2.05, 4.69) is 0 Å². The van der Waals surface area contributed by atoms with Crippen LogP contribution in [0, 0.1) is 0 Å². The molecule has 1 aromatic carbocycles. The number of aryl methyl sites for hydroxylation is 1. The van der Waals surface area contributed by atoms with E-state index in [4.69, 9.17) is 5.11 Å². The van der Waals surface area contributed by atoms with Gasteiger partial charge in [-0.2, -0.15) is 22.0 Å². The topological polar surface area (TPSA) is 37.3 Å². The minimum Gasteiger partial charge on any atom is -0.478 e. The highest BCUT2D eigenvalue weighted by Gasteiger charge is 2.56. The number of alkyl halides is 5. The maximum Gasteiger partial charge on any atom is 0.453 e. The van der Waals surface area contributed by atoms with Crippen LogP contribution in [0.1, 0.15) is 22.3 Å². The number of carbonyl (C=O) groups is 1. The fraction of sp³-hybridized carbons (Fsp3) is 0.364. The molecule has 0 spiro atoms. The summed E-state index contributed by atoms with van der Waals surface area (Å²) >= 11 is 0. The quantitative estimate of drug-likeness (QED) is 0.848. The van der Waals surface area contributed by atoms with Crippen molar-refractivity contribution in [1.29, 1.82) is 0 Å². The lowest BCUT2D eigenvalue weighted by molar-refractivity contribution is -0.284. The molecule has 0 aliphatic carbocycles. The zero-order valence-electron chi connectivity index (χ0n) is 8.97. The van der Waals surface area contributed by atoms with Gasteiger partial charge >= 0.3 is 18.1 Å². The fourth-order valence-electron chi connectivity index (χ4n) is 1.38. The Hall–Kier alpha value is -1.66. The van der Waals surface area contributed by atoms with Crippen LogP contribution in [-0.2, 0) is 6.42 Å². The molecule has 0 aliphatic rings. The number of aromatic carboxylic acids is 1. The van der Waals surface area contributed by atoms with Crippen LogP contribution >= 0.6 is 0 Å². The molecular weight excluding hydrogens is 259 g/mol. The lowest BCUT2D eigenvalue weighted by Gasteiger charge is -2.19. The molecular formula is C11H9F5O2. The summed E-state index contributed by atoms with van der Waals surface area (Å²) in [4.78, 5) is 10.7. The van der Waals surface area contributed by atoms with Crippen LogP contribution in [0.2, 0.25) is 0 Å². The summed E-state index contributed by atoms with van der Waals surface area (Å²) < 4.78 is 61.1. The molecule has 0 saturated carbocycles. The maximum atomic E-state index is 12.7. The second-order valence-corrected chi connectivity index (χ2v) is 3.66. The highest BCUT2D eigenvalue weighted by molar-refractivity contribution is 5.89. The monoisotopic (exact) mass is 268 g/mol. The summed E-state index contributed by atoms with van der Waals surface area (Å²) in [5.74, 6) is -6.18. The Morgan fingerprint density at radius 1 is 1.11 bits per heavy atom. The van der Waals surface area contributed by atoms with Gasteiger partial charge in [-0.3, -0.25) is 0 Å². The standard InChI is InChI=1S/C11H9F5O2/c12-10(13,11(14,15)16)6-5-7-3-1-2-4-8(7)9(17)18/h1-4H,5-6H2,(H,17,18). The van der Waals surface area contributed by atoms with Crippen molar-refractivity contribution in [3.63, 3.8) is 0 Å². The Kier molecular flexibility index (Phi) is 3.93. The molecule has 100 valence electrons. The average molecular weight is 268 g/mol. The molecule has 0 amide bonds. The summed E-state index contributed by atoms with van der Waals surface area (Å²) in [6.45, 7) is 0. The van der Waals surface area contributed by atoms with Crippen molar-refractivity contribution < 1.29 is 31.9 Å². The van der Waals surface area contributed by atoms with E-state index in [0.717, 1.165) is 6.07 Å². The van der Waals surface area contributed by atoms with Gasteiger partial charge in [0.25, 0.3) is 0 Å². The zero-order valence-corrected chi connectivity index (χ0v) is 8.97. The second kappa shape index (κ2) is 4.91. The highest BCUT2D eigenvalue weighted by atomic mass is 19.4. The third kappa shape index (κ3) is 3.18. The van der Waals surface area contributed by atoms with E-state index in [1.165, 1.54) is 18.2 Å². The average Bonchev–Trinajstić information content (AvgIpc) is 2.25. The summed E-state index contributed by atoms with van der Waals surface area (Å²) in [6, 6.07) is 5.13. The third-order valence-electron chi connectivity index (χ3n) is 2.37. The van der Waals surface area contributed by atoms with Crippen LogP contribution in [-0.4, -0.2) is 23.2 Å². The lowest BCUT2D eigenvalue weighted by atomic mass is 10.0. The van der Waals surface area contributed by atoms with E-state index < -0.39 is 30.9 Å². The molecule has 0 atom stereocenters. The van der Waals surface area contributed by atoms with Gasteiger partial charge in [0, 0.05) is 6.42 Å². The number of carboxylic acid groups (broad SMARTS) is 1. The van der Waals surface area contributed by atoms with E-state index in [0.29, 0.717) is 0 Å². The Morgan fingerprint density at radius 2 is 1.67 bits per heavy atom. The summed E-state index contributed by atoms with van der Waals surface area (Å²) in [6.07, 6.45) is -7.75. The number of rotatable bonds is 4. The van der Waals surface area contributed by atoms with Crippen molar-refractivity contribution in [3.05, 3.63) is 35.4 Å². The number of hydrogen-bond acceptors (Lipinski definition) is 1. The molecule has 7 heteroatoms. The van der Waals surface area contributed by atoms with E-state index in [-0.39, 0.29) is 11.1 Å². The van der Waals surface area contributed by atoms with Gasteiger partial charge in [0.15, 0.2) is 0 Å². The molecule has 0 bridgehead atoms. The van der Waals surface area contributed by atoms with Crippen molar-refractivity contribution in [2.45, 2.75) is 24.9 Å². The van der Waals surface area contributed by atoms with Gasteiger partial charge in [-0.1, -0.05) is 18.2 Å². The molecule has 0 fully saturated rings. The first kappa shape index (κ1) is 14.4. The molecule has 0 unspecified atom stereocenters. The molecule has 1 aromatic rings. The first-order valence-corrected chi connectivity index (χ1v) is 4.91. The van der Waals surface area contributed by atoms with Crippen molar-refractivity contribution >= 4 is 5.97 Å². The van der Waals surface area contributed by atoms with Crippen LogP contribution in [0.4, 0.5) is 22.0 Å². The Bertz CT molecular complexity index is 439. The van der Waals surface area contributed by atoms with E-state index in [1.807, 2.05) is 0 Å². The Morgan fingerprint density at radius 3 is 2.17 bits per heavy atom. The van der Waals surface area contributed by atoms with Gasteiger partial charge in [0.05, 0.1) is 5.56 Å². The molecule has 2 nitrogen and oxygen atoms in total. The molecule has 1 N–H and O–H groups in total. The second-order valence-electron chi connectivity index (χ2n) is 3.66. The lowest BCUT2D eigenvalue weighted by Crippen LogP contribution is -2.36. The predicted octanol–water partition coefficient (Wildman–Crippen LogP) is 3.52. The van der Waals surface area contributed by atoms with Crippen LogP contribution in [0.3, 0.4) is 0 Å². The molecule has 0 saturated heterocycles. The molecule has 0 radical (unpaired) electrons. The van der Waals surface area contributed by atoms with E-state index in [9.17, 15) is 26.7 Å². The van der Waals surface area contributed by atoms with Gasteiger partial charge in [-0.15, -0.1) is 0 Å². The van der Waals surface area contributed by atoms with Crippen LogP contribution < -0.4 is 0 Å². The zero-order chi connectivity index (χ0) is 14.0. The first-order chi connectivity index (χ1) is 8.15. The predicted molar refractivity (Wildman–Crippen MR) is 52.7 cm³/mol. The normalized spacial score (nSPS) is 12.5. The number of halogens is 5. The Balaban J connectivity index is 2.85. The molecule has 0 aliphatic heterocycles. The molecule has 18 heavy (non-hydrogen) atoms. The van der Waals surface area contributed by atoms with Crippen molar-refractivity contribution in [1.82, 2.24) is 0 Å². The van der Waals surface area contributed by atoms with Gasteiger partial charge in [-0.05, 0) is 18.1 Å². The maximum absolute atomic E-state index is 12.7. The van der Waals surface area contributed by atoms with Crippen LogP contribution in [0.15, 0.2) is 24.3 Å². The summed E-state index contributed by atoms with van der Waals surface area (Å²) in [7, 11) is 0. The number of carboxylic acids is 1. The fourth-order valence-corrected chi connectivity index (χ4v) is 1.38. The molecule has 0 heterocycles. The van der Waals surface area contributed by atoms with E-state index in [1.54, 1.807) is 0 Å². The third-order valence-corrected chi connectivity index (χ3v) is 2.37. The smallest absolute Gasteiger partial charge is 0.453 e. The van der Waals surface area contributed by atoms with Crippen molar-refractivity contribution in [3.8, 4) is 0 Å². The number of benzene rings is 1. The Labute approximate surface area is 99.0 Å². The summed E-state index contributed by atoms with van der Waals surface area (Å²) in [5.41, 5.74) is -0.315. The molecule has 0 aromatic heterocycles. The van der Waals surface area contributed by atoms with Gasteiger partial charge < -0.3 is 5.11 Å². The minimum atomic E-state index is -5.62. The SMILES string of the molecule is O=C(O)c1ccccc1CCC(F)(F)C(F)(F)F. The van der Waals surface area contributed by atoms with Crippen molar-refractivity contribution in [2.24, 2.45) is 0 Å².